The van der Waals surface area contributed by atoms with Crippen LogP contribution in [0.3, 0.4) is 0 Å². The standard InChI is InChI=1S/C10H20N2O4S/c1-7-6-9(4-5-11-7)12-17(14,15)8(2)10(13)16-3/h7-9,11-12H,4-6H2,1-3H3. The van der Waals surface area contributed by atoms with Crippen LogP contribution >= 0.6 is 0 Å². The highest BCUT2D eigenvalue weighted by molar-refractivity contribution is 7.90. The highest BCUT2D eigenvalue weighted by Gasteiger charge is 2.32. The Balaban J connectivity index is 2.62. The van der Waals surface area contributed by atoms with Crippen molar-refractivity contribution in [3.05, 3.63) is 0 Å². The Morgan fingerprint density at radius 1 is 1.53 bits per heavy atom. The first kappa shape index (κ1) is 14.4. The summed E-state index contributed by atoms with van der Waals surface area (Å²) in [5.41, 5.74) is 0. The molecule has 1 aliphatic rings. The van der Waals surface area contributed by atoms with Crippen molar-refractivity contribution in [2.24, 2.45) is 0 Å². The number of sulfonamides is 1. The lowest BCUT2D eigenvalue weighted by Crippen LogP contribution is -2.49. The van der Waals surface area contributed by atoms with Crippen LogP contribution in [0.1, 0.15) is 26.7 Å². The molecule has 1 rings (SSSR count). The van der Waals surface area contributed by atoms with Gasteiger partial charge in [-0.2, -0.15) is 0 Å². The summed E-state index contributed by atoms with van der Waals surface area (Å²) in [4.78, 5) is 11.2. The number of carbonyl (C=O) groups is 1. The predicted octanol–water partition coefficient (Wildman–Crippen LogP) is -0.392. The van der Waals surface area contributed by atoms with Gasteiger partial charge < -0.3 is 10.1 Å². The molecule has 0 aromatic rings. The van der Waals surface area contributed by atoms with Crippen LogP contribution in [0.2, 0.25) is 0 Å². The van der Waals surface area contributed by atoms with Gasteiger partial charge in [0.05, 0.1) is 7.11 Å². The molecule has 7 heteroatoms. The van der Waals surface area contributed by atoms with Crippen LogP contribution in [0.25, 0.3) is 0 Å². The summed E-state index contributed by atoms with van der Waals surface area (Å²) in [6.07, 6.45) is 1.46. The molecule has 17 heavy (non-hydrogen) atoms. The SMILES string of the molecule is COC(=O)C(C)S(=O)(=O)NC1CCNC(C)C1. The van der Waals surface area contributed by atoms with Crippen molar-refractivity contribution in [3.8, 4) is 0 Å². The van der Waals surface area contributed by atoms with E-state index >= 15 is 0 Å². The summed E-state index contributed by atoms with van der Waals surface area (Å²) >= 11 is 0. The topological polar surface area (TPSA) is 84.5 Å². The Bertz CT molecular complexity index is 369. The zero-order valence-electron chi connectivity index (χ0n) is 10.4. The number of methoxy groups -OCH3 is 1. The lowest BCUT2D eigenvalue weighted by Gasteiger charge is -2.29. The molecule has 0 spiro atoms. The van der Waals surface area contributed by atoms with Crippen molar-refractivity contribution in [1.82, 2.24) is 10.0 Å². The molecule has 0 radical (unpaired) electrons. The molecule has 6 nitrogen and oxygen atoms in total. The molecule has 1 heterocycles. The van der Waals surface area contributed by atoms with Gasteiger partial charge in [-0.1, -0.05) is 0 Å². The number of esters is 1. The Labute approximate surface area is 102 Å². The number of hydrogen-bond donors (Lipinski definition) is 2. The smallest absolute Gasteiger partial charge is 0.325 e. The molecule has 0 saturated carbocycles. The normalized spacial score (nSPS) is 27.5. The van der Waals surface area contributed by atoms with E-state index in [4.69, 9.17) is 0 Å². The highest BCUT2D eigenvalue weighted by Crippen LogP contribution is 2.11. The monoisotopic (exact) mass is 264 g/mol. The predicted molar refractivity (Wildman–Crippen MR) is 64.0 cm³/mol. The lowest BCUT2D eigenvalue weighted by molar-refractivity contribution is -0.139. The van der Waals surface area contributed by atoms with Gasteiger partial charge in [-0.05, 0) is 33.2 Å². The molecule has 0 aromatic carbocycles. The molecule has 3 unspecified atom stereocenters. The van der Waals surface area contributed by atoms with Crippen molar-refractivity contribution in [2.45, 2.75) is 44.0 Å². The van der Waals surface area contributed by atoms with Crippen LogP contribution in [0, 0.1) is 0 Å². The summed E-state index contributed by atoms with van der Waals surface area (Å²) < 4.78 is 30.8. The first-order chi connectivity index (χ1) is 7.86. The van der Waals surface area contributed by atoms with Gasteiger partial charge in [-0.15, -0.1) is 0 Å². The van der Waals surface area contributed by atoms with E-state index in [0.29, 0.717) is 0 Å². The van der Waals surface area contributed by atoms with Crippen molar-refractivity contribution in [2.75, 3.05) is 13.7 Å². The summed E-state index contributed by atoms with van der Waals surface area (Å²) in [6, 6.07) is 0.174. The number of carbonyl (C=O) groups excluding carboxylic acids is 1. The average molecular weight is 264 g/mol. The second-order valence-electron chi connectivity index (χ2n) is 4.40. The maximum absolute atomic E-state index is 11.9. The van der Waals surface area contributed by atoms with E-state index in [9.17, 15) is 13.2 Å². The van der Waals surface area contributed by atoms with Crippen molar-refractivity contribution < 1.29 is 17.9 Å². The number of piperidine rings is 1. The molecule has 2 N–H and O–H groups in total. The molecule has 3 atom stereocenters. The maximum atomic E-state index is 11.9. The van der Waals surface area contributed by atoms with Crippen molar-refractivity contribution in [1.29, 1.82) is 0 Å². The van der Waals surface area contributed by atoms with Gasteiger partial charge in [0, 0.05) is 12.1 Å². The zero-order chi connectivity index (χ0) is 13.1. The van der Waals surface area contributed by atoms with Crippen LogP contribution in [-0.2, 0) is 19.6 Å². The van der Waals surface area contributed by atoms with Gasteiger partial charge in [0.2, 0.25) is 10.0 Å². The van der Waals surface area contributed by atoms with Crippen molar-refractivity contribution >= 4 is 16.0 Å². The van der Waals surface area contributed by atoms with Crippen LogP contribution in [0.5, 0.6) is 0 Å². The molecular formula is C10H20N2O4S. The summed E-state index contributed by atoms with van der Waals surface area (Å²) in [5.74, 6) is -0.737. The van der Waals surface area contributed by atoms with Crippen LogP contribution < -0.4 is 10.0 Å². The fraction of sp³-hybridized carbons (Fsp3) is 0.900. The molecular weight excluding hydrogens is 244 g/mol. The first-order valence-corrected chi connectivity index (χ1v) is 7.24. The third-order valence-corrected chi connectivity index (χ3v) is 4.74. The van der Waals surface area contributed by atoms with E-state index in [1.165, 1.54) is 14.0 Å². The third kappa shape index (κ3) is 3.93. The van der Waals surface area contributed by atoms with Crippen LogP contribution in [-0.4, -0.2) is 45.4 Å². The van der Waals surface area contributed by atoms with Gasteiger partial charge in [0.1, 0.15) is 0 Å². The van der Waals surface area contributed by atoms with Crippen LogP contribution in [0.15, 0.2) is 0 Å². The molecule has 100 valence electrons. The second kappa shape index (κ2) is 5.79. The molecule has 0 aromatic heterocycles. The quantitative estimate of drug-likeness (QED) is 0.675. The van der Waals surface area contributed by atoms with Gasteiger partial charge in [-0.25, -0.2) is 13.1 Å². The van der Waals surface area contributed by atoms with E-state index in [1.54, 1.807) is 0 Å². The third-order valence-electron chi connectivity index (χ3n) is 2.95. The summed E-state index contributed by atoms with van der Waals surface area (Å²) in [5, 5.41) is 2.07. The maximum Gasteiger partial charge on any atom is 0.325 e. The Morgan fingerprint density at radius 3 is 2.71 bits per heavy atom. The molecule has 0 bridgehead atoms. The van der Waals surface area contributed by atoms with E-state index in [2.05, 4.69) is 14.8 Å². The minimum Gasteiger partial charge on any atom is -0.468 e. The highest BCUT2D eigenvalue weighted by atomic mass is 32.2. The fourth-order valence-corrected chi connectivity index (χ4v) is 3.10. The van der Waals surface area contributed by atoms with Crippen LogP contribution in [0.4, 0.5) is 0 Å². The largest absolute Gasteiger partial charge is 0.468 e. The minimum absolute atomic E-state index is 0.108. The number of rotatable bonds is 4. The van der Waals surface area contributed by atoms with Gasteiger partial charge in [0.25, 0.3) is 0 Å². The summed E-state index contributed by atoms with van der Waals surface area (Å²) in [6.45, 7) is 4.11. The number of ether oxygens (including phenoxy) is 1. The second-order valence-corrected chi connectivity index (χ2v) is 6.44. The Morgan fingerprint density at radius 2 is 2.18 bits per heavy atom. The van der Waals surface area contributed by atoms with Gasteiger partial charge in [-0.3, -0.25) is 4.79 Å². The van der Waals surface area contributed by atoms with E-state index < -0.39 is 21.2 Å². The number of nitrogens with one attached hydrogen (secondary N) is 2. The Hall–Kier alpha value is -0.660. The summed E-state index contributed by atoms with van der Waals surface area (Å²) in [7, 11) is -2.47. The average Bonchev–Trinajstić information content (AvgIpc) is 2.26. The molecule has 1 fully saturated rings. The first-order valence-electron chi connectivity index (χ1n) is 5.69. The Kier molecular flexibility index (Phi) is 4.91. The van der Waals surface area contributed by atoms with Gasteiger partial charge in [0.15, 0.2) is 5.25 Å². The van der Waals surface area contributed by atoms with E-state index in [-0.39, 0.29) is 12.1 Å². The molecule has 1 aliphatic heterocycles. The lowest BCUT2D eigenvalue weighted by atomic mass is 10.0. The van der Waals surface area contributed by atoms with Crippen molar-refractivity contribution in [3.63, 3.8) is 0 Å². The fourth-order valence-electron chi connectivity index (χ4n) is 1.87. The zero-order valence-corrected chi connectivity index (χ0v) is 11.2. The molecule has 0 amide bonds. The minimum atomic E-state index is -3.65. The van der Waals surface area contributed by atoms with E-state index in [0.717, 1.165) is 19.4 Å². The molecule has 1 saturated heterocycles. The molecule has 0 aliphatic carbocycles. The van der Waals surface area contributed by atoms with E-state index in [1.807, 2.05) is 6.92 Å². The number of hydrogen-bond acceptors (Lipinski definition) is 5. The van der Waals surface area contributed by atoms with Gasteiger partial charge >= 0.3 is 5.97 Å².